The molecule has 0 saturated heterocycles. The Morgan fingerprint density at radius 1 is 1.31 bits per heavy atom. The van der Waals surface area contributed by atoms with Gasteiger partial charge in [-0.3, -0.25) is 4.79 Å². The van der Waals surface area contributed by atoms with Crippen molar-refractivity contribution in [3.8, 4) is 0 Å². The molecule has 0 aromatic heterocycles. The molecule has 92 valence electrons. The van der Waals surface area contributed by atoms with E-state index >= 15 is 0 Å². The molecule has 16 heavy (non-hydrogen) atoms. The summed E-state index contributed by atoms with van der Waals surface area (Å²) in [5, 5.41) is 0. The largest absolute Gasteiger partial charge is 0.464 e. The topological polar surface area (TPSA) is 43.4 Å². The van der Waals surface area contributed by atoms with Gasteiger partial charge in [-0.05, 0) is 24.7 Å². The van der Waals surface area contributed by atoms with Crippen molar-refractivity contribution in [2.24, 2.45) is 11.8 Å². The summed E-state index contributed by atoms with van der Waals surface area (Å²) in [4.78, 5) is 20.7. The molecule has 0 aliphatic heterocycles. The number of rotatable bonds is 10. The summed E-state index contributed by atoms with van der Waals surface area (Å²) in [5.41, 5.74) is 0. The summed E-state index contributed by atoms with van der Waals surface area (Å²) in [7, 11) is 0. The molecule has 0 aliphatic rings. The molecule has 0 bridgehead atoms. The van der Waals surface area contributed by atoms with Crippen LogP contribution in [-0.2, 0) is 14.3 Å². The van der Waals surface area contributed by atoms with E-state index in [0.29, 0.717) is 31.1 Å². The number of ether oxygens (including phenoxy) is 1. The average Bonchev–Trinajstić information content (AvgIpc) is 2.24. The van der Waals surface area contributed by atoms with Crippen molar-refractivity contribution in [2.45, 2.75) is 45.6 Å². The van der Waals surface area contributed by atoms with Crippen LogP contribution in [0.25, 0.3) is 0 Å². The first kappa shape index (κ1) is 14.9. The van der Waals surface area contributed by atoms with Crippen molar-refractivity contribution >= 4 is 12.8 Å². The van der Waals surface area contributed by atoms with Crippen LogP contribution in [0.3, 0.4) is 0 Å². The van der Waals surface area contributed by atoms with Gasteiger partial charge in [-0.1, -0.05) is 19.9 Å². The van der Waals surface area contributed by atoms with Gasteiger partial charge in [0.1, 0.15) is 12.4 Å². The first-order valence-corrected chi connectivity index (χ1v) is 5.81. The standard InChI is InChI=1S/C13H22O3/c1-4-7-13(16-10-15)12(11(2)3)8-5-6-9-14/h4,9-13H,1,5-8H2,2-3H3. The van der Waals surface area contributed by atoms with Crippen LogP contribution in [0.5, 0.6) is 0 Å². The lowest BCUT2D eigenvalue weighted by atomic mass is 9.84. The summed E-state index contributed by atoms with van der Waals surface area (Å²) in [6, 6.07) is 0. The average molecular weight is 226 g/mol. The molecular formula is C13H22O3. The Balaban J connectivity index is 4.36. The molecule has 0 aromatic rings. The molecule has 0 radical (unpaired) electrons. The molecule has 0 heterocycles. The number of carbonyl (C=O) groups is 2. The maximum Gasteiger partial charge on any atom is 0.293 e. The van der Waals surface area contributed by atoms with Gasteiger partial charge in [0.2, 0.25) is 0 Å². The van der Waals surface area contributed by atoms with Crippen LogP contribution >= 0.6 is 0 Å². The van der Waals surface area contributed by atoms with Gasteiger partial charge in [0, 0.05) is 12.8 Å². The van der Waals surface area contributed by atoms with Gasteiger partial charge in [-0.25, -0.2) is 0 Å². The lowest BCUT2D eigenvalue weighted by Gasteiger charge is -2.28. The molecule has 0 aliphatic carbocycles. The Bertz CT molecular complexity index is 201. The van der Waals surface area contributed by atoms with Crippen molar-refractivity contribution in [3.63, 3.8) is 0 Å². The highest BCUT2D eigenvalue weighted by molar-refractivity contribution is 5.48. The lowest BCUT2D eigenvalue weighted by molar-refractivity contribution is -0.137. The van der Waals surface area contributed by atoms with Crippen LogP contribution in [0.1, 0.15) is 39.5 Å². The van der Waals surface area contributed by atoms with Crippen molar-refractivity contribution < 1.29 is 14.3 Å². The molecule has 2 unspecified atom stereocenters. The zero-order valence-electron chi connectivity index (χ0n) is 10.2. The summed E-state index contributed by atoms with van der Waals surface area (Å²) in [6.45, 7) is 8.39. The number of carbonyl (C=O) groups excluding carboxylic acids is 2. The first-order chi connectivity index (χ1) is 7.67. The first-order valence-electron chi connectivity index (χ1n) is 5.81. The number of hydrogen-bond donors (Lipinski definition) is 0. The fourth-order valence-electron chi connectivity index (χ4n) is 1.95. The van der Waals surface area contributed by atoms with Gasteiger partial charge in [0.05, 0.1) is 0 Å². The van der Waals surface area contributed by atoms with E-state index in [0.717, 1.165) is 19.1 Å². The number of aldehydes is 1. The number of unbranched alkanes of at least 4 members (excludes halogenated alkanes) is 1. The normalized spacial score (nSPS) is 14.2. The molecule has 2 atom stereocenters. The maximum absolute atomic E-state index is 10.4. The smallest absolute Gasteiger partial charge is 0.293 e. The molecule has 3 heteroatoms. The molecule has 0 rings (SSSR count). The SMILES string of the molecule is C=CCC(OC=O)C(CCCC=O)C(C)C. The highest BCUT2D eigenvalue weighted by Gasteiger charge is 2.24. The van der Waals surface area contributed by atoms with E-state index in [1.165, 1.54) is 0 Å². The van der Waals surface area contributed by atoms with Crippen LogP contribution in [0.2, 0.25) is 0 Å². The van der Waals surface area contributed by atoms with Crippen LogP contribution in [0.15, 0.2) is 12.7 Å². The molecule has 3 nitrogen and oxygen atoms in total. The Morgan fingerprint density at radius 2 is 2.00 bits per heavy atom. The summed E-state index contributed by atoms with van der Waals surface area (Å²) in [5.74, 6) is 0.722. The second-order valence-corrected chi connectivity index (χ2v) is 4.30. The maximum atomic E-state index is 10.4. The van der Waals surface area contributed by atoms with E-state index in [1.54, 1.807) is 6.08 Å². The third-order valence-corrected chi connectivity index (χ3v) is 2.82. The second-order valence-electron chi connectivity index (χ2n) is 4.30. The Hall–Kier alpha value is -1.12. The summed E-state index contributed by atoms with van der Waals surface area (Å²) < 4.78 is 5.10. The Kier molecular flexibility index (Phi) is 8.49. The molecule has 0 saturated carbocycles. The van der Waals surface area contributed by atoms with Gasteiger partial charge in [0.15, 0.2) is 0 Å². The molecule has 0 amide bonds. The summed E-state index contributed by atoms with van der Waals surface area (Å²) in [6.07, 6.45) is 5.59. The van der Waals surface area contributed by atoms with E-state index in [9.17, 15) is 9.59 Å². The van der Waals surface area contributed by atoms with Crippen LogP contribution in [-0.4, -0.2) is 18.9 Å². The van der Waals surface area contributed by atoms with Crippen LogP contribution < -0.4 is 0 Å². The summed E-state index contributed by atoms with van der Waals surface area (Å²) >= 11 is 0. The van der Waals surface area contributed by atoms with E-state index in [4.69, 9.17) is 4.74 Å². The predicted octanol–water partition coefficient (Wildman–Crippen LogP) is 2.75. The van der Waals surface area contributed by atoms with Gasteiger partial charge >= 0.3 is 0 Å². The Labute approximate surface area is 97.9 Å². The third-order valence-electron chi connectivity index (χ3n) is 2.82. The highest BCUT2D eigenvalue weighted by Crippen LogP contribution is 2.25. The van der Waals surface area contributed by atoms with Gasteiger partial charge in [-0.15, -0.1) is 6.58 Å². The lowest BCUT2D eigenvalue weighted by Crippen LogP contribution is -2.27. The fraction of sp³-hybridized carbons (Fsp3) is 0.692. The zero-order chi connectivity index (χ0) is 12.4. The minimum absolute atomic E-state index is 0.110. The van der Waals surface area contributed by atoms with Crippen LogP contribution in [0, 0.1) is 11.8 Å². The van der Waals surface area contributed by atoms with E-state index in [1.807, 2.05) is 0 Å². The monoisotopic (exact) mass is 226 g/mol. The van der Waals surface area contributed by atoms with E-state index in [2.05, 4.69) is 20.4 Å². The van der Waals surface area contributed by atoms with Crippen molar-refractivity contribution in [3.05, 3.63) is 12.7 Å². The third kappa shape index (κ3) is 5.69. The molecule has 0 fully saturated rings. The van der Waals surface area contributed by atoms with E-state index in [-0.39, 0.29) is 6.10 Å². The minimum atomic E-state index is -0.110. The zero-order valence-corrected chi connectivity index (χ0v) is 10.2. The van der Waals surface area contributed by atoms with Crippen molar-refractivity contribution in [2.75, 3.05) is 0 Å². The predicted molar refractivity (Wildman–Crippen MR) is 64.0 cm³/mol. The van der Waals surface area contributed by atoms with Gasteiger partial charge in [0.25, 0.3) is 6.47 Å². The number of hydrogen-bond acceptors (Lipinski definition) is 3. The minimum Gasteiger partial charge on any atom is -0.464 e. The van der Waals surface area contributed by atoms with Gasteiger partial charge < -0.3 is 9.53 Å². The molecular weight excluding hydrogens is 204 g/mol. The quantitative estimate of drug-likeness (QED) is 0.327. The fourth-order valence-corrected chi connectivity index (χ4v) is 1.95. The molecule has 0 N–H and O–H groups in total. The van der Waals surface area contributed by atoms with Crippen molar-refractivity contribution in [1.82, 2.24) is 0 Å². The van der Waals surface area contributed by atoms with Crippen LogP contribution in [0.4, 0.5) is 0 Å². The Morgan fingerprint density at radius 3 is 2.44 bits per heavy atom. The van der Waals surface area contributed by atoms with Gasteiger partial charge in [-0.2, -0.15) is 0 Å². The second kappa shape index (κ2) is 9.13. The van der Waals surface area contributed by atoms with E-state index < -0.39 is 0 Å². The van der Waals surface area contributed by atoms with Crippen molar-refractivity contribution in [1.29, 1.82) is 0 Å². The highest BCUT2D eigenvalue weighted by atomic mass is 16.5. The molecule has 0 aromatic carbocycles. The molecule has 0 spiro atoms.